The molecule has 1 aromatic rings. The molecule has 26 heavy (non-hydrogen) atoms. The van der Waals surface area contributed by atoms with Crippen LogP contribution in [0.3, 0.4) is 0 Å². The number of allylic oxidation sites excluding steroid dienone is 1. The Balaban J connectivity index is 1.95. The number of rotatable bonds is 8. The lowest BCUT2D eigenvalue weighted by Gasteiger charge is -2.26. The fourth-order valence-electron chi connectivity index (χ4n) is 2.63. The highest BCUT2D eigenvalue weighted by molar-refractivity contribution is 6.22. The molecule has 1 amide bonds. The molecular formula is C18H26N6O2. The number of nitrogens with two attached hydrogens (primary N) is 2. The Kier molecular flexibility index (Phi) is 7.31. The third-order valence-electron chi connectivity index (χ3n) is 4.09. The molecule has 0 bridgehead atoms. The minimum atomic E-state index is -0.708. The third kappa shape index (κ3) is 5.68. The van der Waals surface area contributed by atoms with Gasteiger partial charge in [0, 0.05) is 38.9 Å². The normalized spacial score (nSPS) is 16.7. The molecule has 1 aliphatic rings. The molecule has 1 heterocycles. The van der Waals surface area contributed by atoms with Crippen LogP contribution in [-0.4, -0.2) is 62.2 Å². The van der Waals surface area contributed by atoms with E-state index >= 15 is 0 Å². The number of aliphatic imine (C=N–C) groups is 1. The first-order chi connectivity index (χ1) is 12.5. The number of hydrogen-bond acceptors (Lipinski definition) is 6. The molecule has 1 fully saturated rings. The van der Waals surface area contributed by atoms with Crippen molar-refractivity contribution in [2.75, 3.05) is 39.3 Å². The van der Waals surface area contributed by atoms with Gasteiger partial charge in [-0.15, -0.1) is 0 Å². The van der Waals surface area contributed by atoms with Gasteiger partial charge in [0.1, 0.15) is 18.2 Å². The summed E-state index contributed by atoms with van der Waals surface area (Å²) in [6, 6.07) is 7.12. The summed E-state index contributed by atoms with van der Waals surface area (Å²) in [5, 5.41) is 10.6. The van der Waals surface area contributed by atoms with E-state index in [1.54, 1.807) is 31.2 Å². The van der Waals surface area contributed by atoms with Crippen molar-refractivity contribution in [2.45, 2.75) is 6.92 Å². The standard InChI is InChI=1S/C18H26N6O2/c1-13(12-19)16(18(21)25)17(20)23-14-2-4-15(5-3-14)26-11-10-24-8-6-22-7-9-24/h2-5,12,19,22H,6-11H2,1H3,(H2,20,23)(H2,21,25)/b16-13-,19-12?. The maximum Gasteiger partial charge on any atom is 0.252 e. The molecule has 0 atom stereocenters. The quantitative estimate of drug-likeness (QED) is 0.304. The van der Waals surface area contributed by atoms with Crippen molar-refractivity contribution in [1.82, 2.24) is 10.2 Å². The highest BCUT2D eigenvalue weighted by Crippen LogP contribution is 2.19. The number of amides is 1. The molecular weight excluding hydrogens is 332 g/mol. The fraction of sp³-hybridized carbons (Fsp3) is 0.389. The Hall–Kier alpha value is -2.71. The number of piperazine rings is 1. The average molecular weight is 358 g/mol. The molecule has 0 unspecified atom stereocenters. The first-order valence-electron chi connectivity index (χ1n) is 8.53. The second-order valence-electron chi connectivity index (χ2n) is 6.00. The average Bonchev–Trinajstić information content (AvgIpc) is 2.63. The van der Waals surface area contributed by atoms with Crippen LogP contribution < -0.4 is 21.5 Å². The fourth-order valence-corrected chi connectivity index (χ4v) is 2.63. The predicted molar refractivity (Wildman–Crippen MR) is 103 cm³/mol. The number of hydrogen-bond donors (Lipinski definition) is 4. The van der Waals surface area contributed by atoms with Crippen LogP contribution in [0.1, 0.15) is 6.92 Å². The number of nitrogens with one attached hydrogen (secondary N) is 2. The summed E-state index contributed by atoms with van der Waals surface area (Å²) in [6.07, 6.45) is 1.03. The molecule has 6 N–H and O–H groups in total. The van der Waals surface area contributed by atoms with Crippen LogP contribution in [0, 0.1) is 5.41 Å². The van der Waals surface area contributed by atoms with Gasteiger partial charge in [-0.05, 0) is 36.8 Å². The topological polar surface area (TPSA) is 130 Å². The molecule has 0 aliphatic carbocycles. The minimum absolute atomic E-state index is 0.00845. The van der Waals surface area contributed by atoms with Crippen molar-refractivity contribution in [3.63, 3.8) is 0 Å². The van der Waals surface area contributed by atoms with E-state index in [1.165, 1.54) is 0 Å². The van der Waals surface area contributed by atoms with E-state index in [0.717, 1.165) is 44.7 Å². The first-order valence-corrected chi connectivity index (χ1v) is 8.53. The van der Waals surface area contributed by atoms with Crippen LogP contribution in [0.25, 0.3) is 0 Å². The lowest BCUT2D eigenvalue weighted by molar-refractivity contribution is -0.114. The largest absolute Gasteiger partial charge is 0.492 e. The number of primary amides is 1. The summed E-state index contributed by atoms with van der Waals surface area (Å²) in [5.41, 5.74) is 12.2. The Bertz CT molecular complexity index is 690. The molecule has 1 aliphatic heterocycles. The van der Waals surface area contributed by atoms with Crippen LogP contribution in [0.4, 0.5) is 5.69 Å². The van der Waals surface area contributed by atoms with E-state index in [4.69, 9.17) is 21.6 Å². The number of ether oxygens (including phenoxy) is 1. The summed E-state index contributed by atoms with van der Waals surface area (Å²) in [5.74, 6) is 0.0324. The van der Waals surface area contributed by atoms with Gasteiger partial charge in [0.2, 0.25) is 0 Å². The number of nitrogens with zero attached hydrogens (tertiary/aromatic N) is 2. The van der Waals surface area contributed by atoms with Crippen molar-refractivity contribution in [3.8, 4) is 5.75 Å². The van der Waals surface area contributed by atoms with Gasteiger partial charge in [-0.3, -0.25) is 9.69 Å². The lowest BCUT2D eigenvalue weighted by Crippen LogP contribution is -2.44. The molecule has 1 saturated heterocycles. The van der Waals surface area contributed by atoms with E-state index < -0.39 is 5.91 Å². The number of amidine groups is 1. The third-order valence-corrected chi connectivity index (χ3v) is 4.09. The van der Waals surface area contributed by atoms with E-state index in [9.17, 15) is 4.79 Å². The summed E-state index contributed by atoms with van der Waals surface area (Å²) in [6.45, 7) is 7.23. The zero-order chi connectivity index (χ0) is 18.9. The zero-order valence-corrected chi connectivity index (χ0v) is 15.0. The predicted octanol–water partition coefficient (Wildman–Crippen LogP) is 0.411. The molecule has 8 nitrogen and oxygen atoms in total. The Morgan fingerprint density at radius 3 is 2.54 bits per heavy atom. The van der Waals surface area contributed by atoms with E-state index in [2.05, 4.69) is 15.2 Å². The molecule has 0 aromatic heterocycles. The Morgan fingerprint density at radius 2 is 1.96 bits per heavy atom. The number of carbonyl (C=O) groups excluding carboxylic acids is 1. The second kappa shape index (κ2) is 9.69. The Labute approximate surface area is 153 Å². The SMILES string of the molecule is C/C(C=N)=C(/C(N)=O)C(N)=Nc1ccc(OCCN2CCNCC2)cc1. The monoisotopic (exact) mass is 358 g/mol. The van der Waals surface area contributed by atoms with Gasteiger partial charge in [-0.25, -0.2) is 4.99 Å². The van der Waals surface area contributed by atoms with Crippen molar-refractivity contribution in [2.24, 2.45) is 16.5 Å². The summed E-state index contributed by atoms with van der Waals surface area (Å²) in [7, 11) is 0. The van der Waals surface area contributed by atoms with E-state index in [-0.39, 0.29) is 11.4 Å². The molecule has 0 radical (unpaired) electrons. The van der Waals surface area contributed by atoms with Crippen molar-refractivity contribution in [1.29, 1.82) is 5.41 Å². The van der Waals surface area contributed by atoms with Crippen LogP contribution >= 0.6 is 0 Å². The zero-order valence-electron chi connectivity index (χ0n) is 15.0. The van der Waals surface area contributed by atoms with Crippen molar-refractivity contribution in [3.05, 3.63) is 35.4 Å². The summed E-state index contributed by atoms with van der Waals surface area (Å²) in [4.78, 5) is 18.1. The minimum Gasteiger partial charge on any atom is -0.492 e. The lowest BCUT2D eigenvalue weighted by atomic mass is 10.1. The molecule has 140 valence electrons. The molecule has 0 spiro atoms. The van der Waals surface area contributed by atoms with Crippen molar-refractivity contribution >= 4 is 23.6 Å². The van der Waals surface area contributed by atoms with Crippen LogP contribution in [0.15, 0.2) is 40.4 Å². The maximum absolute atomic E-state index is 11.5. The highest BCUT2D eigenvalue weighted by atomic mass is 16.5. The molecule has 2 rings (SSSR count). The Morgan fingerprint density at radius 1 is 1.31 bits per heavy atom. The second-order valence-corrected chi connectivity index (χ2v) is 6.00. The van der Waals surface area contributed by atoms with E-state index in [1.807, 2.05) is 0 Å². The molecule has 0 saturated carbocycles. The van der Waals surface area contributed by atoms with Gasteiger partial charge in [-0.1, -0.05) is 0 Å². The van der Waals surface area contributed by atoms with Gasteiger partial charge in [0.15, 0.2) is 0 Å². The first kappa shape index (κ1) is 19.6. The van der Waals surface area contributed by atoms with Crippen molar-refractivity contribution < 1.29 is 9.53 Å². The van der Waals surface area contributed by atoms with Gasteiger partial charge in [0.05, 0.1) is 11.3 Å². The maximum atomic E-state index is 11.5. The van der Waals surface area contributed by atoms with E-state index in [0.29, 0.717) is 17.9 Å². The summed E-state index contributed by atoms with van der Waals surface area (Å²) >= 11 is 0. The number of benzene rings is 1. The molecule has 1 aromatic carbocycles. The van der Waals surface area contributed by atoms with Crippen LogP contribution in [0.5, 0.6) is 5.75 Å². The smallest absolute Gasteiger partial charge is 0.252 e. The summed E-state index contributed by atoms with van der Waals surface area (Å²) < 4.78 is 5.75. The van der Waals surface area contributed by atoms with Gasteiger partial charge in [-0.2, -0.15) is 0 Å². The molecule has 8 heteroatoms. The number of carbonyl (C=O) groups is 1. The van der Waals surface area contributed by atoms with Gasteiger partial charge >= 0.3 is 0 Å². The van der Waals surface area contributed by atoms with Gasteiger partial charge < -0.3 is 26.9 Å². The van der Waals surface area contributed by atoms with Crippen LogP contribution in [-0.2, 0) is 4.79 Å². The van der Waals surface area contributed by atoms with Gasteiger partial charge in [0.25, 0.3) is 5.91 Å². The highest BCUT2D eigenvalue weighted by Gasteiger charge is 2.13. The van der Waals surface area contributed by atoms with Crippen LogP contribution in [0.2, 0.25) is 0 Å².